The van der Waals surface area contributed by atoms with E-state index in [-0.39, 0.29) is 0 Å². The van der Waals surface area contributed by atoms with Crippen LogP contribution in [0.5, 0.6) is 0 Å². The van der Waals surface area contributed by atoms with Crippen molar-refractivity contribution in [1.82, 2.24) is 24.6 Å². The minimum atomic E-state index is 0.568. The third kappa shape index (κ3) is 4.30. The van der Waals surface area contributed by atoms with E-state index >= 15 is 0 Å². The summed E-state index contributed by atoms with van der Waals surface area (Å²) >= 11 is 0. The van der Waals surface area contributed by atoms with Crippen LogP contribution in [0.1, 0.15) is 33.3 Å². The Bertz CT molecular complexity index is 945. The average Bonchev–Trinajstić information content (AvgIpc) is 3.15. The third-order valence-corrected chi connectivity index (χ3v) is 3.45. The maximum Gasteiger partial charge on any atom is 0.252 e. The molecule has 0 radical (unpaired) electrons. The third-order valence-electron chi connectivity index (χ3n) is 3.45. The molecule has 0 fully saturated rings. The number of benzene rings is 1. The summed E-state index contributed by atoms with van der Waals surface area (Å²) in [6.45, 7) is 10.0. The van der Waals surface area contributed by atoms with Crippen molar-refractivity contribution in [3.05, 3.63) is 66.6 Å². The van der Waals surface area contributed by atoms with E-state index in [1.54, 1.807) is 10.7 Å². The Balaban J connectivity index is 0.000000570. The van der Waals surface area contributed by atoms with Crippen molar-refractivity contribution in [3.8, 4) is 22.6 Å². The van der Waals surface area contributed by atoms with Crippen LogP contribution in [0, 0.1) is 6.92 Å². The number of hydrogen-bond donors (Lipinski definition) is 0. The molecule has 5 nitrogen and oxygen atoms in total. The molecule has 134 valence electrons. The van der Waals surface area contributed by atoms with Gasteiger partial charge >= 0.3 is 0 Å². The minimum Gasteiger partial charge on any atom is -0.253 e. The number of rotatable bonds is 2. The zero-order chi connectivity index (χ0) is 18.9. The van der Waals surface area contributed by atoms with E-state index in [1.807, 2.05) is 89.5 Å². The predicted molar refractivity (Wildman–Crippen MR) is 107 cm³/mol. The van der Waals surface area contributed by atoms with E-state index in [1.165, 1.54) is 0 Å². The summed E-state index contributed by atoms with van der Waals surface area (Å²) < 4.78 is 1.70. The van der Waals surface area contributed by atoms with Crippen LogP contribution in [0.15, 0.2) is 61.1 Å². The fourth-order valence-electron chi connectivity index (χ4n) is 2.33. The van der Waals surface area contributed by atoms with Gasteiger partial charge in [0.05, 0.1) is 0 Å². The highest BCUT2D eigenvalue weighted by atomic mass is 15.3. The van der Waals surface area contributed by atoms with Crippen molar-refractivity contribution in [2.75, 3.05) is 0 Å². The van der Waals surface area contributed by atoms with E-state index in [4.69, 9.17) is 0 Å². The first-order valence-electron chi connectivity index (χ1n) is 9.00. The van der Waals surface area contributed by atoms with Crippen LogP contribution in [0.3, 0.4) is 0 Å². The van der Waals surface area contributed by atoms with Gasteiger partial charge in [0.25, 0.3) is 5.78 Å². The fourth-order valence-corrected chi connectivity index (χ4v) is 2.33. The molecular weight excluding hydrogens is 322 g/mol. The summed E-state index contributed by atoms with van der Waals surface area (Å²) in [5.74, 6) is 1.15. The number of aryl methyl sites for hydroxylation is 1. The van der Waals surface area contributed by atoms with Gasteiger partial charge in [-0.05, 0) is 30.2 Å². The van der Waals surface area contributed by atoms with Crippen molar-refractivity contribution >= 4 is 5.78 Å². The molecule has 1 aromatic carbocycles. The number of nitrogens with zero attached hydrogens (tertiary/aromatic N) is 5. The molecule has 0 spiro atoms. The van der Waals surface area contributed by atoms with Gasteiger partial charge < -0.3 is 0 Å². The summed E-state index contributed by atoms with van der Waals surface area (Å²) in [6, 6.07) is 14.0. The lowest BCUT2D eigenvalue weighted by Crippen LogP contribution is -1.92. The van der Waals surface area contributed by atoms with Crippen molar-refractivity contribution in [2.24, 2.45) is 0 Å². The number of pyridine rings is 1. The highest BCUT2D eigenvalue weighted by Gasteiger charge is 2.09. The van der Waals surface area contributed by atoms with Gasteiger partial charge in [0.1, 0.15) is 5.69 Å². The van der Waals surface area contributed by atoms with Crippen molar-refractivity contribution in [2.45, 2.75) is 34.6 Å². The first-order chi connectivity index (χ1) is 12.8. The Morgan fingerprint density at radius 1 is 0.846 bits per heavy atom. The summed E-state index contributed by atoms with van der Waals surface area (Å²) in [4.78, 5) is 13.1. The van der Waals surface area contributed by atoms with E-state index in [0.29, 0.717) is 11.6 Å². The van der Waals surface area contributed by atoms with Crippen LogP contribution >= 0.6 is 0 Å². The predicted octanol–water partition coefficient (Wildman–Crippen LogP) is 5.21. The van der Waals surface area contributed by atoms with Crippen LogP contribution in [-0.2, 0) is 0 Å². The highest BCUT2D eigenvalue weighted by molar-refractivity contribution is 5.62. The highest BCUT2D eigenvalue weighted by Crippen LogP contribution is 2.19. The van der Waals surface area contributed by atoms with Gasteiger partial charge in [-0.25, -0.2) is 9.50 Å². The molecule has 0 aliphatic carbocycles. The Kier molecular flexibility index (Phi) is 6.97. The van der Waals surface area contributed by atoms with Crippen LogP contribution in [0.2, 0.25) is 0 Å². The Hall–Kier alpha value is -3.08. The van der Waals surface area contributed by atoms with Crippen molar-refractivity contribution in [3.63, 3.8) is 0 Å². The summed E-state index contributed by atoms with van der Waals surface area (Å²) in [5.41, 5.74) is 3.98. The molecule has 4 rings (SSSR count). The summed E-state index contributed by atoms with van der Waals surface area (Å²) in [7, 11) is 0. The molecular formula is C21H25N5. The molecule has 0 amide bonds. The molecule has 0 aliphatic heterocycles. The molecule has 5 heteroatoms. The standard InChI is InChI=1S/C17H13N5.2C2H6/c1-12-7-8-18-15(9-12)16-20-17-19-10-14(11-22(17)21-16)13-5-3-2-4-6-13;2*1-2/h2-11H,1H3;2*1-2H3. The molecule has 0 atom stereocenters. The molecule has 0 bridgehead atoms. The molecule has 0 aliphatic rings. The summed E-state index contributed by atoms with van der Waals surface area (Å²) in [6.07, 6.45) is 5.51. The van der Waals surface area contributed by atoms with Crippen molar-refractivity contribution < 1.29 is 0 Å². The van der Waals surface area contributed by atoms with Crippen molar-refractivity contribution in [1.29, 1.82) is 0 Å². The van der Waals surface area contributed by atoms with Gasteiger partial charge in [0.15, 0.2) is 0 Å². The number of aromatic nitrogens is 5. The zero-order valence-corrected chi connectivity index (χ0v) is 16.0. The quantitative estimate of drug-likeness (QED) is 0.499. The molecule has 0 unspecified atom stereocenters. The first kappa shape index (κ1) is 19.2. The Morgan fingerprint density at radius 3 is 2.27 bits per heavy atom. The van der Waals surface area contributed by atoms with Gasteiger partial charge in [0, 0.05) is 24.2 Å². The van der Waals surface area contributed by atoms with Gasteiger partial charge in [0.2, 0.25) is 5.82 Å². The second-order valence-corrected chi connectivity index (χ2v) is 5.11. The topological polar surface area (TPSA) is 56.0 Å². The maximum atomic E-state index is 4.49. The Morgan fingerprint density at radius 2 is 1.58 bits per heavy atom. The number of hydrogen-bond acceptors (Lipinski definition) is 4. The average molecular weight is 347 g/mol. The van der Waals surface area contributed by atoms with Gasteiger partial charge in [-0.3, -0.25) is 4.98 Å². The van der Waals surface area contributed by atoms with Crippen LogP contribution in [0.25, 0.3) is 28.4 Å². The molecule has 0 N–H and O–H groups in total. The second-order valence-electron chi connectivity index (χ2n) is 5.11. The van der Waals surface area contributed by atoms with Crippen LogP contribution in [0.4, 0.5) is 0 Å². The lowest BCUT2D eigenvalue weighted by molar-refractivity contribution is 0.942. The lowest BCUT2D eigenvalue weighted by Gasteiger charge is -2.00. The molecule has 0 saturated carbocycles. The monoisotopic (exact) mass is 347 g/mol. The number of fused-ring (bicyclic) bond motifs is 1. The van der Waals surface area contributed by atoms with E-state index < -0.39 is 0 Å². The van der Waals surface area contributed by atoms with Crippen LogP contribution in [-0.4, -0.2) is 24.6 Å². The van der Waals surface area contributed by atoms with Gasteiger partial charge in [-0.15, -0.1) is 5.10 Å². The second kappa shape index (κ2) is 9.42. The first-order valence-corrected chi connectivity index (χ1v) is 9.00. The normalized spacial score (nSPS) is 9.73. The molecule has 3 heterocycles. The van der Waals surface area contributed by atoms with E-state index in [2.05, 4.69) is 20.1 Å². The molecule has 3 aromatic heterocycles. The van der Waals surface area contributed by atoms with Gasteiger partial charge in [-0.1, -0.05) is 58.0 Å². The minimum absolute atomic E-state index is 0.568. The Labute approximate surface area is 154 Å². The molecule has 4 aromatic rings. The molecule has 26 heavy (non-hydrogen) atoms. The van der Waals surface area contributed by atoms with Gasteiger partial charge in [-0.2, -0.15) is 4.98 Å². The smallest absolute Gasteiger partial charge is 0.252 e. The molecule has 0 saturated heterocycles. The SMILES string of the molecule is CC.CC.Cc1ccnc(-c2nc3ncc(-c4ccccc4)cn3n2)c1. The zero-order valence-electron chi connectivity index (χ0n) is 16.0. The fraction of sp³-hybridized carbons (Fsp3) is 0.238. The maximum absolute atomic E-state index is 4.49. The van der Waals surface area contributed by atoms with E-state index in [9.17, 15) is 0 Å². The van der Waals surface area contributed by atoms with Crippen LogP contribution < -0.4 is 0 Å². The largest absolute Gasteiger partial charge is 0.253 e. The summed E-state index contributed by atoms with van der Waals surface area (Å²) in [5, 5.41) is 4.49. The van der Waals surface area contributed by atoms with E-state index in [0.717, 1.165) is 22.4 Å². The lowest BCUT2D eigenvalue weighted by atomic mass is 10.1.